The Morgan fingerprint density at radius 1 is 0.490 bits per heavy atom. The van der Waals surface area contributed by atoms with Crippen molar-refractivity contribution < 1.29 is 0 Å². The predicted octanol–water partition coefficient (Wildman–Crippen LogP) is 13.1. The Morgan fingerprint density at radius 3 is 1.98 bits per heavy atom. The number of nitrogens with zero attached hydrogens (tertiary/aromatic N) is 2. The molecule has 0 spiro atoms. The summed E-state index contributed by atoms with van der Waals surface area (Å²) in [5, 5.41) is 3.66. The maximum Gasteiger partial charge on any atom is 0.124 e. The molecule has 2 aliphatic rings. The lowest BCUT2D eigenvalue weighted by Crippen LogP contribution is -2.16. The third-order valence-electron chi connectivity index (χ3n) is 10.4. The highest BCUT2D eigenvalue weighted by atomic mass is 32.1. The molecule has 8 aromatic rings. The van der Waals surface area contributed by atoms with Crippen molar-refractivity contribution in [3.8, 4) is 54.5 Å². The van der Waals surface area contributed by atoms with Crippen LogP contribution in [-0.2, 0) is 5.41 Å². The molecule has 0 unspecified atom stereocenters. The zero-order chi connectivity index (χ0) is 32.7. The Hall–Kier alpha value is -5.77. The zero-order valence-electron chi connectivity index (χ0n) is 27.3. The van der Waals surface area contributed by atoms with Crippen LogP contribution in [0.25, 0.3) is 65.3 Å². The first kappa shape index (κ1) is 28.3. The topological polar surface area (TPSA) is 16.1 Å². The molecule has 232 valence electrons. The monoisotopic (exact) mass is 644 g/mol. The fraction of sp³-hybridized carbons (Fsp3) is 0.0652. The molecule has 0 bridgehead atoms. The second-order valence-corrected chi connectivity index (χ2v) is 14.6. The van der Waals surface area contributed by atoms with Crippen molar-refractivity contribution in [2.45, 2.75) is 19.3 Å². The highest BCUT2D eigenvalue weighted by Crippen LogP contribution is 2.52. The smallest absolute Gasteiger partial charge is 0.124 e. The van der Waals surface area contributed by atoms with Crippen LogP contribution in [0.2, 0.25) is 0 Å². The SMILES string of the molecule is CC1(C)c2ccccc2-c2ccc(N(c3ccc(-c4nc5c(s4)-c4cccc6cccc-5c46)cc3)c3cccc(-c4ccccc4)c3)cc21. The van der Waals surface area contributed by atoms with Crippen LogP contribution in [0.4, 0.5) is 17.1 Å². The maximum absolute atomic E-state index is 5.22. The molecule has 2 nitrogen and oxygen atoms in total. The molecular formula is C46H32N2S. The standard InChI is InChI=1S/C46H32N2S/c1-46(2)40-20-7-6-17-36(40)37-26-25-35(28-41(37)46)48(34-16-8-15-32(27-34)29-11-4-3-5-12-29)33-23-21-31(22-24-33)45-47-43-38-18-9-13-30-14-10-19-39(42(30)38)44(43)49-45/h3-28H,1-2H3. The van der Waals surface area contributed by atoms with Crippen LogP contribution in [0.3, 0.4) is 0 Å². The van der Waals surface area contributed by atoms with Crippen molar-refractivity contribution in [3.63, 3.8) is 0 Å². The van der Waals surface area contributed by atoms with Gasteiger partial charge in [0.15, 0.2) is 0 Å². The fourth-order valence-corrected chi connectivity index (χ4v) is 9.14. The van der Waals surface area contributed by atoms with Crippen molar-refractivity contribution >= 4 is 39.2 Å². The van der Waals surface area contributed by atoms with E-state index >= 15 is 0 Å². The average Bonchev–Trinajstić information content (AvgIpc) is 3.79. The Balaban J connectivity index is 1.08. The number of aromatic nitrogens is 1. The van der Waals surface area contributed by atoms with Crippen LogP contribution in [0.1, 0.15) is 25.0 Å². The summed E-state index contributed by atoms with van der Waals surface area (Å²) < 4.78 is 0. The summed E-state index contributed by atoms with van der Waals surface area (Å²) in [6.07, 6.45) is 0. The molecule has 0 radical (unpaired) electrons. The van der Waals surface area contributed by atoms with E-state index in [2.05, 4.69) is 176 Å². The Labute approximate surface area is 290 Å². The summed E-state index contributed by atoms with van der Waals surface area (Å²) >= 11 is 1.79. The number of hydrogen-bond acceptors (Lipinski definition) is 3. The molecule has 0 saturated carbocycles. The molecular weight excluding hydrogens is 613 g/mol. The van der Waals surface area contributed by atoms with Gasteiger partial charge in [-0.2, -0.15) is 0 Å². The van der Waals surface area contributed by atoms with E-state index in [1.54, 1.807) is 11.3 Å². The third-order valence-corrected chi connectivity index (χ3v) is 11.6. The van der Waals surface area contributed by atoms with Crippen molar-refractivity contribution in [2.75, 3.05) is 4.90 Å². The zero-order valence-corrected chi connectivity index (χ0v) is 28.1. The van der Waals surface area contributed by atoms with E-state index in [4.69, 9.17) is 4.98 Å². The number of anilines is 3. The van der Waals surface area contributed by atoms with Crippen molar-refractivity contribution in [2.24, 2.45) is 0 Å². The van der Waals surface area contributed by atoms with Crippen LogP contribution in [0.5, 0.6) is 0 Å². The van der Waals surface area contributed by atoms with Gasteiger partial charge in [-0.15, -0.1) is 11.3 Å². The van der Waals surface area contributed by atoms with Gasteiger partial charge in [0.2, 0.25) is 0 Å². The predicted molar refractivity (Wildman–Crippen MR) is 207 cm³/mol. The quantitative estimate of drug-likeness (QED) is 0.185. The van der Waals surface area contributed by atoms with E-state index in [1.807, 2.05) is 0 Å². The molecule has 0 atom stereocenters. The second kappa shape index (κ2) is 10.6. The van der Waals surface area contributed by atoms with Crippen LogP contribution in [0.15, 0.2) is 158 Å². The summed E-state index contributed by atoms with van der Waals surface area (Å²) in [7, 11) is 0. The lowest BCUT2D eigenvalue weighted by Gasteiger charge is -2.28. The molecule has 1 heterocycles. The molecule has 2 aliphatic carbocycles. The normalized spacial score (nSPS) is 13.3. The number of benzene rings is 7. The lowest BCUT2D eigenvalue weighted by molar-refractivity contribution is 0.660. The van der Waals surface area contributed by atoms with Gasteiger partial charge in [-0.3, -0.25) is 0 Å². The highest BCUT2D eigenvalue weighted by Gasteiger charge is 2.35. The van der Waals surface area contributed by atoms with E-state index in [0.717, 1.165) is 33.3 Å². The summed E-state index contributed by atoms with van der Waals surface area (Å²) in [6.45, 7) is 4.70. The van der Waals surface area contributed by atoms with E-state index in [1.165, 1.54) is 60.2 Å². The molecule has 0 amide bonds. The van der Waals surface area contributed by atoms with Crippen LogP contribution in [-0.4, -0.2) is 4.98 Å². The summed E-state index contributed by atoms with van der Waals surface area (Å²) in [6, 6.07) is 57.5. The lowest BCUT2D eigenvalue weighted by atomic mass is 9.82. The molecule has 0 saturated heterocycles. The molecule has 7 aromatic carbocycles. The van der Waals surface area contributed by atoms with Crippen molar-refractivity contribution in [1.29, 1.82) is 0 Å². The summed E-state index contributed by atoms with van der Waals surface area (Å²) in [5.41, 5.74) is 15.9. The highest BCUT2D eigenvalue weighted by molar-refractivity contribution is 7.19. The molecule has 3 heteroatoms. The molecule has 1 aromatic heterocycles. The average molecular weight is 645 g/mol. The largest absolute Gasteiger partial charge is 0.310 e. The van der Waals surface area contributed by atoms with Crippen LogP contribution >= 0.6 is 11.3 Å². The number of thiazole rings is 1. The molecule has 49 heavy (non-hydrogen) atoms. The maximum atomic E-state index is 5.22. The van der Waals surface area contributed by atoms with Gasteiger partial charge in [0.05, 0.1) is 10.6 Å². The molecule has 0 aliphatic heterocycles. The third kappa shape index (κ3) is 4.29. The van der Waals surface area contributed by atoms with E-state index < -0.39 is 0 Å². The van der Waals surface area contributed by atoms with Gasteiger partial charge < -0.3 is 4.90 Å². The first-order chi connectivity index (χ1) is 24.0. The first-order valence-electron chi connectivity index (χ1n) is 16.9. The minimum Gasteiger partial charge on any atom is -0.310 e. The van der Waals surface area contributed by atoms with Gasteiger partial charge in [0.1, 0.15) is 5.01 Å². The van der Waals surface area contributed by atoms with Crippen LogP contribution < -0.4 is 4.90 Å². The fourth-order valence-electron chi connectivity index (χ4n) is 8.02. The van der Waals surface area contributed by atoms with E-state index in [9.17, 15) is 0 Å². The Morgan fingerprint density at radius 2 is 1.14 bits per heavy atom. The van der Waals surface area contributed by atoms with Crippen molar-refractivity contribution in [1.82, 2.24) is 4.98 Å². The first-order valence-corrected chi connectivity index (χ1v) is 17.7. The van der Waals surface area contributed by atoms with Gasteiger partial charge in [-0.25, -0.2) is 4.98 Å². The second-order valence-electron chi connectivity index (χ2n) is 13.6. The van der Waals surface area contributed by atoms with Crippen LogP contribution in [0, 0.1) is 0 Å². The molecule has 10 rings (SSSR count). The summed E-state index contributed by atoms with van der Waals surface area (Å²) in [4.78, 5) is 8.88. The number of fused-ring (bicyclic) bond motifs is 6. The minimum atomic E-state index is -0.0858. The van der Waals surface area contributed by atoms with E-state index in [0.29, 0.717) is 0 Å². The van der Waals surface area contributed by atoms with Gasteiger partial charge in [0.25, 0.3) is 0 Å². The van der Waals surface area contributed by atoms with Crippen molar-refractivity contribution in [3.05, 3.63) is 169 Å². The van der Waals surface area contributed by atoms with Gasteiger partial charge >= 0.3 is 0 Å². The van der Waals surface area contributed by atoms with Gasteiger partial charge in [-0.05, 0) is 92.7 Å². The van der Waals surface area contributed by atoms with Gasteiger partial charge in [0, 0.05) is 39.2 Å². The van der Waals surface area contributed by atoms with Gasteiger partial charge in [-0.1, -0.05) is 123 Å². The Kier molecular flexibility index (Phi) is 6.12. The number of hydrogen-bond donors (Lipinski definition) is 0. The minimum absolute atomic E-state index is 0.0858. The Bertz CT molecular complexity index is 2520. The summed E-state index contributed by atoms with van der Waals surface area (Å²) in [5.74, 6) is 0. The van der Waals surface area contributed by atoms with E-state index in [-0.39, 0.29) is 5.41 Å². The number of rotatable bonds is 5. The molecule has 0 N–H and O–H groups in total. The molecule has 0 fully saturated rings.